The maximum atomic E-state index is 10.8. The molecule has 0 saturated carbocycles. The summed E-state index contributed by atoms with van der Waals surface area (Å²) in [5.74, 6) is 1.35. The molecule has 0 amide bonds. The number of carbonyl (C=O) groups is 1. The number of ketones is 1. The number of Topliss-reactive ketones (excluding diaryl/α,β-unsaturated/α-hetero) is 1. The molecule has 0 heterocycles. The standard InChI is InChI=1S/C24H48O/c1-4-6-17-21-24(5-2)22-19-16-14-12-10-8-7-9-11-13-15-18-20-23(3)25/h24H,4-22H2,1-3H3. The molecule has 0 radical (unpaired) electrons. The first-order valence-corrected chi connectivity index (χ1v) is 11.7. The molecule has 0 aliphatic heterocycles. The van der Waals surface area contributed by atoms with Gasteiger partial charge in [-0.05, 0) is 19.3 Å². The zero-order valence-corrected chi connectivity index (χ0v) is 17.9. The average Bonchev–Trinajstić information content (AvgIpc) is 2.60. The van der Waals surface area contributed by atoms with Gasteiger partial charge in [-0.1, -0.05) is 123 Å². The topological polar surface area (TPSA) is 17.1 Å². The van der Waals surface area contributed by atoms with E-state index in [2.05, 4.69) is 13.8 Å². The molecule has 1 unspecified atom stereocenters. The second kappa shape index (κ2) is 20.0. The van der Waals surface area contributed by atoms with Gasteiger partial charge in [-0.2, -0.15) is 0 Å². The van der Waals surface area contributed by atoms with Crippen molar-refractivity contribution in [1.29, 1.82) is 0 Å². The highest BCUT2D eigenvalue weighted by molar-refractivity contribution is 5.75. The van der Waals surface area contributed by atoms with Crippen LogP contribution < -0.4 is 0 Å². The zero-order chi connectivity index (χ0) is 18.6. The molecule has 0 aromatic rings. The lowest BCUT2D eigenvalue weighted by Crippen LogP contribution is -1.99. The Hall–Kier alpha value is -0.330. The van der Waals surface area contributed by atoms with E-state index in [0.717, 1.165) is 18.8 Å². The largest absolute Gasteiger partial charge is 0.300 e. The van der Waals surface area contributed by atoms with Crippen molar-refractivity contribution in [2.75, 3.05) is 0 Å². The van der Waals surface area contributed by atoms with Crippen LogP contribution in [0.3, 0.4) is 0 Å². The Bertz CT molecular complexity index is 271. The average molecular weight is 353 g/mol. The second-order valence-electron chi connectivity index (χ2n) is 8.25. The van der Waals surface area contributed by atoms with Gasteiger partial charge < -0.3 is 4.79 Å². The number of hydrogen-bond donors (Lipinski definition) is 0. The minimum Gasteiger partial charge on any atom is -0.300 e. The summed E-state index contributed by atoms with van der Waals surface area (Å²) in [7, 11) is 0. The molecule has 150 valence electrons. The van der Waals surface area contributed by atoms with Crippen LogP contribution in [0.4, 0.5) is 0 Å². The van der Waals surface area contributed by atoms with E-state index >= 15 is 0 Å². The highest BCUT2D eigenvalue weighted by atomic mass is 16.1. The smallest absolute Gasteiger partial charge is 0.129 e. The summed E-state index contributed by atoms with van der Waals surface area (Å²) in [6.45, 7) is 6.38. The molecule has 25 heavy (non-hydrogen) atoms. The third-order valence-corrected chi connectivity index (χ3v) is 5.68. The maximum Gasteiger partial charge on any atom is 0.129 e. The second-order valence-corrected chi connectivity index (χ2v) is 8.25. The summed E-state index contributed by atoms with van der Waals surface area (Å²) < 4.78 is 0. The lowest BCUT2D eigenvalue weighted by atomic mass is 9.92. The van der Waals surface area contributed by atoms with Gasteiger partial charge >= 0.3 is 0 Å². The molecule has 1 atom stereocenters. The number of rotatable bonds is 20. The molecular formula is C24H48O. The van der Waals surface area contributed by atoms with E-state index in [0.29, 0.717) is 5.78 Å². The van der Waals surface area contributed by atoms with Crippen LogP contribution in [0.2, 0.25) is 0 Å². The minimum atomic E-state index is 0.349. The van der Waals surface area contributed by atoms with Gasteiger partial charge in [0.1, 0.15) is 5.78 Å². The summed E-state index contributed by atoms with van der Waals surface area (Å²) in [6.07, 6.45) is 25.9. The molecule has 0 N–H and O–H groups in total. The summed E-state index contributed by atoms with van der Waals surface area (Å²) in [5, 5.41) is 0. The van der Waals surface area contributed by atoms with Crippen molar-refractivity contribution in [3.63, 3.8) is 0 Å². The quantitative estimate of drug-likeness (QED) is 0.200. The van der Waals surface area contributed by atoms with Crippen LogP contribution in [0.15, 0.2) is 0 Å². The maximum absolute atomic E-state index is 10.8. The molecule has 0 aromatic heterocycles. The van der Waals surface area contributed by atoms with Crippen LogP contribution in [-0.4, -0.2) is 5.78 Å². The molecule has 0 bridgehead atoms. The van der Waals surface area contributed by atoms with Gasteiger partial charge in [-0.3, -0.25) is 0 Å². The van der Waals surface area contributed by atoms with Gasteiger partial charge in [-0.25, -0.2) is 0 Å². The monoisotopic (exact) mass is 352 g/mol. The fourth-order valence-corrected chi connectivity index (χ4v) is 3.81. The van der Waals surface area contributed by atoms with Gasteiger partial charge in [0.05, 0.1) is 0 Å². The predicted molar refractivity (Wildman–Crippen MR) is 113 cm³/mol. The lowest BCUT2D eigenvalue weighted by Gasteiger charge is -2.14. The fourth-order valence-electron chi connectivity index (χ4n) is 3.81. The Morgan fingerprint density at radius 2 is 1.00 bits per heavy atom. The summed E-state index contributed by atoms with van der Waals surface area (Å²) in [6, 6.07) is 0. The number of carbonyl (C=O) groups excluding carboxylic acids is 1. The van der Waals surface area contributed by atoms with Crippen molar-refractivity contribution in [3.8, 4) is 0 Å². The molecule has 0 rings (SSSR count). The normalized spacial score (nSPS) is 12.4. The van der Waals surface area contributed by atoms with Crippen LogP contribution in [0, 0.1) is 5.92 Å². The van der Waals surface area contributed by atoms with Gasteiger partial charge in [0, 0.05) is 6.42 Å². The van der Waals surface area contributed by atoms with Gasteiger partial charge in [0.25, 0.3) is 0 Å². The molecule has 1 nitrogen and oxygen atoms in total. The van der Waals surface area contributed by atoms with Crippen molar-refractivity contribution in [1.82, 2.24) is 0 Å². The van der Waals surface area contributed by atoms with Crippen LogP contribution in [-0.2, 0) is 4.79 Å². The molecule has 0 spiro atoms. The van der Waals surface area contributed by atoms with E-state index in [4.69, 9.17) is 0 Å². The summed E-state index contributed by atoms with van der Waals surface area (Å²) >= 11 is 0. The van der Waals surface area contributed by atoms with Crippen LogP contribution in [0.5, 0.6) is 0 Å². The van der Waals surface area contributed by atoms with Crippen molar-refractivity contribution in [2.45, 2.75) is 143 Å². The van der Waals surface area contributed by atoms with E-state index in [1.165, 1.54) is 109 Å². The molecule has 0 aliphatic carbocycles. The van der Waals surface area contributed by atoms with Crippen molar-refractivity contribution in [2.24, 2.45) is 5.92 Å². The fraction of sp³-hybridized carbons (Fsp3) is 0.958. The van der Waals surface area contributed by atoms with Crippen molar-refractivity contribution >= 4 is 5.78 Å². The Labute approximate surface area is 159 Å². The van der Waals surface area contributed by atoms with Crippen LogP contribution >= 0.6 is 0 Å². The van der Waals surface area contributed by atoms with Crippen molar-refractivity contribution in [3.05, 3.63) is 0 Å². The number of hydrogen-bond acceptors (Lipinski definition) is 1. The van der Waals surface area contributed by atoms with Gasteiger partial charge in [0.15, 0.2) is 0 Å². The molecule has 0 saturated heterocycles. The molecule has 0 fully saturated rings. The van der Waals surface area contributed by atoms with E-state index in [-0.39, 0.29) is 0 Å². The van der Waals surface area contributed by atoms with Gasteiger partial charge in [0.2, 0.25) is 0 Å². The molecule has 0 aliphatic rings. The van der Waals surface area contributed by atoms with Crippen molar-refractivity contribution < 1.29 is 4.79 Å². The van der Waals surface area contributed by atoms with E-state index in [1.807, 2.05) is 0 Å². The van der Waals surface area contributed by atoms with Crippen LogP contribution in [0.25, 0.3) is 0 Å². The zero-order valence-electron chi connectivity index (χ0n) is 17.9. The lowest BCUT2D eigenvalue weighted by molar-refractivity contribution is -0.117. The van der Waals surface area contributed by atoms with E-state index in [9.17, 15) is 4.79 Å². The Morgan fingerprint density at radius 3 is 1.40 bits per heavy atom. The first-order valence-electron chi connectivity index (χ1n) is 11.7. The Balaban J connectivity index is 3.19. The van der Waals surface area contributed by atoms with Crippen LogP contribution in [0.1, 0.15) is 143 Å². The first-order chi connectivity index (χ1) is 12.2. The summed E-state index contributed by atoms with van der Waals surface area (Å²) in [4.78, 5) is 10.8. The minimum absolute atomic E-state index is 0.349. The predicted octanol–water partition coefficient (Wildman–Crippen LogP) is 8.64. The highest BCUT2D eigenvalue weighted by Gasteiger charge is 2.05. The van der Waals surface area contributed by atoms with Gasteiger partial charge in [-0.15, -0.1) is 0 Å². The SMILES string of the molecule is CCCCCC(CC)CCCCCCCCCCCCCCC(C)=O. The molecule has 0 aromatic carbocycles. The first kappa shape index (κ1) is 24.7. The molecule has 1 heteroatoms. The Kier molecular flexibility index (Phi) is 19.7. The number of unbranched alkanes of at least 4 members (excludes halogenated alkanes) is 13. The Morgan fingerprint density at radius 1 is 0.600 bits per heavy atom. The molecular weight excluding hydrogens is 304 g/mol. The van der Waals surface area contributed by atoms with E-state index in [1.54, 1.807) is 6.92 Å². The van der Waals surface area contributed by atoms with E-state index < -0.39 is 0 Å². The third-order valence-electron chi connectivity index (χ3n) is 5.68. The highest BCUT2D eigenvalue weighted by Crippen LogP contribution is 2.21. The third kappa shape index (κ3) is 19.8. The summed E-state index contributed by atoms with van der Waals surface area (Å²) in [5.41, 5.74) is 0.